The summed E-state index contributed by atoms with van der Waals surface area (Å²) in [5.74, 6) is 1.32. The highest BCUT2D eigenvalue weighted by Crippen LogP contribution is 2.34. The zero-order chi connectivity index (χ0) is 28.8. The molecule has 41 heavy (non-hydrogen) atoms. The van der Waals surface area contributed by atoms with Gasteiger partial charge in [-0.2, -0.15) is 10.4 Å². The van der Waals surface area contributed by atoms with E-state index in [0.717, 1.165) is 29.1 Å². The molecule has 4 aromatic rings. The summed E-state index contributed by atoms with van der Waals surface area (Å²) in [6.45, 7) is 5.37. The first-order valence-corrected chi connectivity index (χ1v) is 13.8. The lowest BCUT2D eigenvalue weighted by molar-refractivity contribution is -0.124. The van der Waals surface area contributed by atoms with E-state index in [4.69, 9.17) is 15.5 Å². The van der Waals surface area contributed by atoms with Crippen LogP contribution in [-0.4, -0.2) is 63.0 Å². The quantitative estimate of drug-likeness (QED) is 0.373. The summed E-state index contributed by atoms with van der Waals surface area (Å²) in [5, 5.41) is 24.1. The van der Waals surface area contributed by atoms with Crippen molar-refractivity contribution in [1.82, 2.24) is 14.6 Å². The second-order valence-corrected chi connectivity index (χ2v) is 11.5. The number of benzene rings is 1. The van der Waals surface area contributed by atoms with Crippen LogP contribution in [0.5, 0.6) is 5.75 Å². The lowest BCUT2D eigenvalue weighted by Gasteiger charge is -2.40. The summed E-state index contributed by atoms with van der Waals surface area (Å²) in [7, 11) is 0. The fourth-order valence-electron chi connectivity index (χ4n) is 5.64. The number of hydrogen-bond donors (Lipinski definition) is 2. The Morgan fingerprint density at radius 3 is 2.66 bits per heavy atom. The second-order valence-electron chi connectivity index (χ2n) is 11.5. The number of nitriles is 1. The first-order chi connectivity index (χ1) is 19.6. The fourth-order valence-corrected chi connectivity index (χ4v) is 5.64. The number of aliphatic hydroxyl groups is 1. The van der Waals surface area contributed by atoms with Gasteiger partial charge in [0, 0.05) is 42.6 Å². The summed E-state index contributed by atoms with van der Waals surface area (Å²) < 4.78 is 7.45. The van der Waals surface area contributed by atoms with Crippen molar-refractivity contribution in [2.45, 2.75) is 44.2 Å². The van der Waals surface area contributed by atoms with Crippen molar-refractivity contribution in [3.8, 4) is 22.9 Å². The van der Waals surface area contributed by atoms with Gasteiger partial charge >= 0.3 is 0 Å². The number of carbonyl (C=O) groups is 1. The average Bonchev–Trinajstić information content (AvgIpc) is 3.60. The van der Waals surface area contributed by atoms with Crippen molar-refractivity contribution >= 4 is 22.9 Å². The number of fused-ring (bicyclic) bond motifs is 2. The van der Waals surface area contributed by atoms with E-state index < -0.39 is 11.1 Å². The van der Waals surface area contributed by atoms with Gasteiger partial charge in [0.25, 0.3) is 0 Å². The number of ether oxygens (including phenoxy) is 1. The van der Waals surface area contributed by atoms with E-state index in [-0.39, 0.29) is 12.5 Å². The number of amides is 1. The van der Waals surface area contributed by atoms with Gasteiger partial charge < -0.3 is 25.4 Å². The zero-order valence-electron chi connectivity index (χ0n) is 23.2. The maximum absolute atomic E-state index is 13.5. The molecule has 3 aromatic heterocycles. The van der Waals surface area contributed by atoms with E-state index in [0.29, 0.717) is 49.3 Å². The van der Waals surface area contributed by atoms with Crippen LogP contribution < -0.4 is 20.3 Å². The van der Waals surface area contributed by atoms with E-state index in [1.165, 1.54) is 11.8 Å². The Hall–Kier alpha value is -4.46. The van der Waals surface area contributed by atoms with Crippen molar-refractivity contribution < 1.29 is 14.6 Å². The van der Waals surface area contributed by atoms with Gasteiger partial charge in [0.05, 0.1) is 34.6 Å². The molecule has 3 N–H and O–H groups in total. The lowest BCUT2D eigenvalue weighted by Crippen LogP contribution is -2.60. The highest BCUT2D eigenvalue weighted by atomic mass is 16.5. The normalized spacial score (nSPS) is 16.5. The molecule has 0 radical (unpaired) electrons. The van der Waals surface area contributed by atoms with Crippen molar-refractivity contribution in [2.75, 3.05) is 36.0 Å². The molecule has 0 atom stereocenters. The number of anilines is 2. The van der Waals surface area contributed by atoms with Crippen molar-refractivity contribution in [2.24, 2.45) is 5.73 Å². The molecule has 1 amide bonds. The molecule has 2 aliphatic rings. The molecule has 0 aliphatic carbocycles. The first kappa shape index (κ1) is 26.7. The molecule has 0 bridgehead atoms. The summed E-state index contributed by atoms with van der Waals surface area (Å²) in [4.78, 5) is 22.2. The van der Waals surface area contributed by atoms with Crippen LogP contribution in [0.2, 0.25) is 0 Å². The second kappa shape index (κ2) is 10.2. The molecule has 5 heterocycles. The molecule has 0 unspecified atom stereocenters. The van der Waals surface area contributed by atoms with Crippen LogP contribution in [-0.2, 0) is 11.2 Å². The van der Waals surface area contributed by atoms with Crippen LogP contribution in [0.15, 0.2) is 61.1 Å². The van der Waals surface area contributed by atoms with Gasteiger partial charge in [0.15, 0.2) is 0 Å². The van der Waals surface area contributed by atoms with Gasteiger partial charge in [0.1, 0.15) is 24.2 Å². The Morgan fingerprint density at radius 2 is 1.95 bits per heavy atom. The van der Waals surface area contributed by atoms with Gasteiger partial charge in [-0.15, -0.1) is 0 Å². The van der Waals surface area contributed by atoms with Gasteiger partial charge in [-0.05, 0) is 62.9 Å². The van der Waals surface area contributed by atoms with Crippen molar-refractivity contribution in [1.29, 1.82) is 5.26 Å². The minimum absolute atomic E-state index is 0.00443. The van der Waals surface area contributed by atoms with Gasteiger partial charge in [-0.3, -0.25) is 4.79 Å². The van der Waals surface area contributed by atoms with Crippen molar-refractivity contribution in [3.05, 3.63) is 72.2 Å². The monoisotopic (exact) mass is 551 g/mol. The molecule has 0 saturated carbocycles. The Bertz CT molecular complexity index is 1640. The van der Waals surface area contributed by atoms with Crippen LogP contribution in [0.4, 0.5) is 11.5 Å². The molecular formula is C31H33N7O3. The van der Waals surface area contributed by atoms with Gasteiger partial charge in [0.2, 0.25) is 5.91 Å². The fraction of sp³-hybridized carbons (Fsp3) is 0.355. The largest absolute Gasteiger partial charge is 0.489 e. The molecule has 10 heteroatoms. The van der Waals surface area contributed by atoms with Gasteiger partial charge in [-0.1, -0.05) is 18.2 Å². The number of rotatable bonds is 6. The molecule has 210 valence electrons. The minimum Gasteiger partial charge on any atom is -0.489 e. The molecule has 1 fully saturated rings. The van der Waals surface area contributed by atoms with Crippen LogP contribution in [0.3, 0.4) is 0 Å². The topological polar surface area (TPSA) is 133 Å². The standard InChI is InChI=1S/C31H33N7O3/c1-30(2,40)20-41-24-15-25(28-23(16-32)18-35-38(28)19-24)22-7-8-27(34-17-22)36-13-10-31(33,11-14-36)29(39)37-12-9-21-5-3-4-6-26(21)37/h3-8,15,17-19,40H,9-14,20,33H2,1-2H3. The molecule has 1 saturated heterocycles. The Labute approximate surface area is 238 Å². The number of carbonyl (C=O) groups excluding carboxylic acids is 1. The number of aromatic nitrogens is 3. The minimum atomic E-state index is -1.00. The maximum Gasteiger partial charge on any atom is 0.247 e. The Balaban J connectivity index is 1.20. The van der Waals surface area contributed by atoms with E-state index in [1.54, 1.807) is 30.8 Å². The zero-order valence-corrected chi connectivity index (χ0v) is 23.2. The average molecular weight is 552 g/mol. The third-order valence-electron chi connectivity index (χ3n) is 7.90. The summed E-state index contributed by atoms with van der Waals surface area (Å²) >= 11 is 0. The third kappa shape index (κ3) is 5.10. The van der Waals surface area contributed by atoms with Crippen LogP contribution in [0.25, 0.3) is 16.6 Å². The highest BCUT2D eigenvalue weighted by molar-refractivity contribution is 6.01. The summed E-state index contributed by atoms with van der Waals surface area (Å²) in [5.41, 5.74) is 9.63. The van der Waals surface area contributed by atoms with E-state index in [2.05, 4.69) is 22.1 Å². The van der Waals surface area contributed by atoms with Crippen LogP contribution in [0.1, 0.15) is 37.8 Å². The Morgan fingerprint density at radius 1 is 1.17 bits per heavy atom. The molecule has 6 rings (SSSR count). The first-order valence-electron chi connectivity index (χ1n) is 13.8. The van der Waals surface area contributed by atoms with E-state index in [1.807, 2.05) is 41.3 Å². The summed E-state index contributed by atoms with van der Waals surface area (Å²) in [6.07, 6.45) is 6.93. The molecule has 10 nitrogen and oxygen atoms in total. The molecule has 1 aromatic carbocycles. The smallest absolute Gasteiger partial charge is 0.247 e. The SMILES string of the molecule is CC(C)(O)COc1cc(-c2ccc(N3CCC(N)(C(=O)N4CCc5ccccc54)CC3)nc2)c2c(C#N)cnn2c1. The van der Waals surface area contributed by atoms with E-state index >= 15 is 0 Å². The maximum atomic E-state index is 13.5. The number of hydrogen-bond acceptors (Lipinski definition) is 8. The van der Waals surface area contributed by atoms with Crippen LogP contribution in [0, 0.1) is 11.3 Å². The number of para-hydroxylation sites is 1. The third-order valence-corrected chi connectivity index (χ3v) is 7.90. The number of piperidine rings is 1. The molecule has 0 spiro atoms. The molecule has 2 aliphatic heterocycles. The van der Waals surface area contributed by atoms with Gasteiger partial charge in [-0.25, -0.2) is 9.50 Å². The van der Waals surface area contributed by atoms with Crippen LogP contribution >= 0.6 is 0 Å². The summed E-state index contributed by atoms with van der Waals surface area (Å²) in [6, 6.07) is 16.0. The number of nitrogens with two attached hydrogens (primary N) is 1. The number of pyridine rings is 2. The lowest BCUT2D eigenvalue weighted by atomic mass is 9.87. The highest BCUT2D eigenvalue weighted by Gasteiger charge is 2.42. The number of nitrogens with zero attached hydrogens (tertiary/aromatic N) is 6. The van der Waals surface area contributed by atoms with Crippen molar-refractivity contribution in [3.63, 3.8) is 0 Å². The predicted molar refractivity (Wildman–Crippen MR) is 156 cm³/mol. The molecular weight excluding hydrogens is 518 g/mol. The Kier molecular flexibility index (Phi) is 6.64. The van der Waals surface area contributed by atoms with E-state index in [9.17, 15) is 15.2 Å². The predicted octanol–water partition coefficient (Wildman–Crippen LogP) is 3.30.